The highest BCUT2D eigenvalue weighted by molar-refractivity contribution is 7.93. The standard InChI is InChI=1S/C18H19ClFN5O4S/c1-18(2)17(21)25-13(8-30(18,27)28)10-4-9(5-11(19)15(10)20)24-16(26)12-6-23-14(29-3)7-22-12/h4-7,13H,8H2,1-3H3,(H2,21,25)(H,24,26)/t13-/m0/s1. The molecule has 1 aromatic heterocycles. The van der Waals surface area contributed by atoms with Crippen molar-refractivity contribution in [2.75, 3.05) is 18.2 Å². The number of rotatable bonds is 4. The molecule has 3 rings (SSSR count). The van der Waals surface area contributed by atoms with Gasteiger partial charge in [0, 0.05) is 11.3 Å². The Morgan fingerprint density at radius 2 is 2.07 bits per heavy atom. The van der Waals surface area contributed by atoms with E-state index in [4.69, 9.17) is 21.7 Å². The van der Waals surface area contributed by atoms with Crippen molar-refractivity contribution in [2.24, 2.45) is 0 Å². The van der Waals surface area contributed by atoms with Crippen LogP contribution in [-0.4, -0.2) is 47.7 Å². The van der Waals surface area contributed by atoms with Crippen LogP contribution in [-0.2, 0) is 9.84 Å². The largest absolute Gasteiger partial charge is 0.480 e. The molecule has 0 saturated carbocycles. The fraction of sp³-hybridized carbons (Fsp3) is 0.333. The molecule has 9 nitrogen and oxygen atoms in total. The van der Waals surface area contributed by atoms with Crippen LogP contribution in [0.15, 0.2) is 24.5 Å². The van der Waals surface area contributed by atoms with E-state index >= 15 is 0 Å². The first-order chi connectivity index (χ1) is 14.0. The van der Waals surface area contributed by atoms with Gasteiger partial charge in [0.1, 0.15) is 22.1 Å². The van der Waals surface area contributed by atoms with Crippen molar-refractivity contribution in [3.05, 3.63) is 46.6 Å². The maximum atomic E-state index is 14.7. The second-order valence-electron chi connectivity index (χ2n) is 7.12. The van der Waals surface area contributed by atoms with Crippen LogP contribution >= 0.6 is 11.6 Å². The van der Waals surface area contributed by atoms with Crippen LogP contribution in [0.3, 0.4) is 0 Å². The lowest BCUT2D eigenvalue weighted by atomic mass is 10.0. The first-order valence-corrected chi connectivity index (χ1v) is 10.7. The number of ether oxygens (including phenoxy) is 1. The molecule has 3 N–H and O–H groups in total. The molecule has 0 bridgehead atoms. The minimum Gasteiger partial charge on any atom is -0.480 e. The number of aromatic nitrogens is 2. The monoisotopic (exact) mass is 455 g/mol. The molecule has 1 amide bonds. The van der Waals surface area contributed by atoms with Crippen molar-refractivity contribution in [3.63, 3.8) is 0 Å². The third-order valence-electron chi connectivity index (χ3n) is 4.84. The molecule has 1 fully saturated rings. The Labute approximate surface area is 177 Å². The molecule has 30 heavy (non-hydrogen) atoms. The number of carbonyl (C=O) groups is 1. The summed E-state index contributed by atoms with van der Waals surface area (Å²) in [5, 5.41) is 13.0. The predicted molar refractivity (Wildman–Crippen MR) is 109 cm³/mol. The Hall–Kier alpha value is -2.79. The van der Waals surface area contributed by atoms with Crippen LogP contribution in [0.1, 0.15) is 35.9 Å². The van der Waals surface area contributed by atoms with Crippen molar-refractivity contribution in [1.29, 1.82) is 5.41 Å². The molecule has 0 aliphatic carbocycles. The minimum atomic E-state index is -3.74. The van der Waals surface area contributed by atoms with Gasteiger partial charge >= 0.3 is 0 Å². The third-order valence-corrected chi connectivity index (χ3v) is 7.65. The number of hydrogen-bond acceptors (Lipinski definition) is 7. The topological polar surface area (TPSA) is 134 Å². The molecule has 1 aliphatic heterocycles. The second kappa shape index (κ2) is 7.80. The van der Waals surface area contributed by atoms with Gasteiger partial charge in [-0.2, -0.15) is 0 Å². The molecular weight excluding hydrogens is 437 g/mol. The fourth-order valence-corrected chi connectivity index (χ4v) is 4.53. The Kier molecular flexibility index (Phi) is 5.70. The summed E-state index contributed by atoms with van der Waals surface area (Å²) in [5.41, 5.74) is 0.0386. The highest BCUT2D eigenvalue weighted by Gasteiger charge is 2.46. The minimum absolute atomic E-state index is 0.0142. The van der Waals surface area contributed by atoms with Crippen LogP contribution in [0.5, 0.6) is 5.88 Å². The zero-order valence-electron chi connectivity index (χ0n) is 16.3. The van der Waals surface area contributed by atoms with Gasteiger partial charge in [0.15, 0.2) is 9.84 Å². The number of amides is 1. The highest BCUT2D eigenvalue weighted by Crippen LogP contribution is 2.34. The summed E-state index contributed by atoms with van der Waals surface area (Å²) in [7, 11) is -2.33. The number of methoxy groups -OCH3 is 1. The van der Waals surface area contributed by atoms with E-state index in [0.29, 0.717) is 0 Å². The fourth-order valence-electron chi connectivity index (χ4n) is 2.81. The summed E-state index contributed by atoms with van der Waals surface area (Å²) in [6, 6.07) is 1.43. The van der Waals surface area contributed by atoms with Gasteiger partial charge in [-0.05, 0) is 26.0 Å². The first-order valence-electron chi connectivity index (χ1n) is 8.70. The summed E-state index contributed by atoms with van der Waals surface area (Å²) >= 11 is 5.97. The molecule has 2 heterocycles. The normalized spacial score (nSPS) is 19.6. The van der Waals surface area contributed by atoms with E-state index in [1.807, 2.05) is 0 Å². The summed E-state index contributed by atoms with van der Waals surface area (Å²) in [4.78, 5) is 20.2. The first kappa shape index (κ1) is 21.9. The molecule has 2 aromatic rings. The average Bonchev–Trinajstić information content (AvgIpc) is 2.68. The van der Waals surface area contributed by atoms with Gasteiger partial charge in [-0.1, -0.05) is 11.6 Å². The van der Waals surface area contributed by atoms with Crippen molar-refractivity contribution in [3.8, 4) is 5.88 Å². The van der Waals surface area contributed by atoms with E-state index in [0.717, 1.165) is 0 Å². The Morgan fingerprint density at radius 1 is 1.37 bits per heavy atom. The molecule has 0 radical (unpaired) electrons. The van der Waals surface area contributed by atoms with Gasteiger partial charge in [0.05, 0.1) is 36.3 Å². The van der Waals surface area contributed by atoms with Gasteiger partial charge in [0.2, 0.25) is 5.88 Å². The highest BCUT2D eigenvalue weighted by atomic mass is 35.5. The van der Waals surface area contributed by atoms with Gasteiger partial charge in [0.25, 0.3) is 5.91 Å². The van der Waals surface area contributed by atoms with Gasteiger partial charge < -0.3 is 15.4 Å². The third kappa shape index (κ3) is 3.94. The Balaban J connectivity index is 1.91. The van der Waals surface area contributed by atoms with Crippen LogP contribution in [0.4, 0.5) is 10.1 Å². The summed E-state index contributed by atoms with van der Waals surface area (Å²) in [6.45, 7) is 2.81. The molecule has 1 atom stereocenters. The van der Waals surface area contributed by atoms with Crippen LogP contribution in [0.25, 0.3) is 0 Å². The van der Waals surface area contributed by atoms with Crippen molar-refractivity contribution in [1.82, 2.24) is 15.3 Å². The van der Waals surface area contributed by atoms with Gasteiger partial charge in [-0.15, -0.1) is 0 Å². The second-order valence-corrected chi connectivity index (χ2v) is 10.1. The zero-order valence-corrected chi connectivity index (χ0v) is 17.9. The molecular formula is C18H19ClFN5O4S. The summed E-state index contributed by atoms with van der Waals surface area (Å²) in [5.74, 6) is -1.92. The number of sulfone groups is 1. The lowest BCUT2D eigenvalue weighted by Gasteiger charge is -2.36. The van der Waals surface area contributed by atoms with Crippen LogP contribution < -0.4 is 15.4 Å². The molecule has 1 aromatic carbocycles. The number of anilines is 1. The maximum Gasteiger partial charge on any atom is 0.275 e. The molecule has 12 heteroatoms. The van der Waals surface area contributed by atoms with Gasteiger partial charge in [-0.3, -0.25) is 10.2 Å². The number of halogens is 2. The Morgan fingerprint density at radius 3 is 2.63 bits per heavy atom. The molecule has 160 valence electrons. The molecule has 1 saturated heterocycles. The number of nitrogens with one attached hydrogen (secondary N) is 3. The van der Waals surface area contributed by atoms with Crippen molar-refractivity contribution >= 4 is 38.9 Å². The number of benzene rings is 1. The smallest absolute Gasteiger partial charge is 0.275 e. The maximum absolute atomic E-state index is 14.7. The van der Waals surface area contributed by atoms with E-state index in [1.165, 1.54) is 45.5 Å². The number of amidine groups is 1. The SMILES string of the molecule is COc1cnc(C(=O)Nc2cc(Cl)c(F)c([C@@H]3CS(=O)(=O)C(C)(C)C(=N)N3)c2)cn1. The summed E-state index contributed by atoms with van der Waals surface area (Å²) < 4.78 is 43.3. The van der Waals surface area contributed by atoms with E-state index in [-0.39, 0.29) is 33.7 Å². The number of carbonyl (C=O) groups excluding carboxylic acids is 1. The number of hydrogen-bond donors (Lipinski definition) is 3. The average molecular weight is 456 g/mol. The molecule has 0 unspecified atom stereocenters. The van der Waals surface area contributed by atoms with Crippen molar-refractivity contribution in [2.45, 2.75) is 24.6 Å². The van der Waals surface area contributed by atoms with E-state index in [2.05, 4.69) is 20.6 Å². The van der Waals surface area contributed by atoms with Crippen molar-refractivity contribution < 1.29 is 22.3 Å². The lowest BCUT2D eigenvalue weighted by molar-refractivity contribution is 0.102. The van der Waals surface area contributed by atoms with Crippen LogP contribution in [0, 0.1) is 11.2 Å². The van der Waals surface area contributed by atoms with Gasteiger partial charge in [-0.25, -0.2) is 22.8 Å². The number of nitrogens with zero attached hydrogens (tertiary/aromatic N) is 2. The summed E-state index contributed by atoms with van der Waals surface area (Å²) in [6.07, 6.45) is 2.47. The predicted octanol–water partition coefficient (Wildman–Crippen LogP) is 2.34. The zero-order chi connectivity index (χ0) is 22.3. The van der Waals surface area contributed by atoms with E-state index in [9.17, 15) is 17.6 Å². The molecule has 0 spiro atoms. The van der Waals surface area contributed by atoms with E-state index < -0.39 is 38.1 Å². The quantitative estimate of drug-likeness (QED) is 0.644. The van der Waals surface area contributed by atoms with Crippen LogP contribution in [0.2, 0.25) is 5.02 Å². The molecule has 1 aliphatic rings. The Bertz CT molecular complexity index is 1120. The lowest BCUT2D eigenvalue weighted by Crippen LogP contribution is -2.56. The van der Waals surface area contributed by atoms with E-state index in [1.54, 1.807) is 0 Å².